The number of esters is 1. The smallest absolute Gasteiger partial charge is 0.337 e. The first-order chi connectivity index (χ1) is 13.6. The van der Waals surface area contributed by atoms with Crippen molar-refractivity contribution in [3.63, 3.8) is 0 Å². The fourth-order valence-corrected chi connectivity index (χ4v) is 3.22. The van der Waals surface area contributed by atoms with Crippen LogP contribution < -0.4 is 16.0 Å². The molecule has 0 spiro atoms. The Balaban J connectivity index is 1.79. The normalized spacial score (nSPS) is 14.4. The van der Waals surface area contributed by atoms with Gasteiger partial charge in [-0.3, -0.25) is 4.79 Å². The van der Waals surface area contributed by atoms with E-state index < -0.39 is 5.97 Å². The molecule has 1 aliphatic rings. The van der Waals surface area contributed by atoms with Crippen LogP contribution in [0, 0.1) is 5.92 Å². The van der Waals surface area contributed by atoms with E-state index in [2.05, 4.69) is 20.9 Å². The molecule has 1 saturated heterocycles. The Morgan fingerprint density at radius 2 is 2.04 bits per heavy atom. The molecule has 0 aliphatic carbocycles. The molecule has 1 aromatic carbocycles. The van der Waals surface area contributed by atoms with Gasteiger partial charge in [0.1, 0.15) is 5.82 Å². The topological polar surface area (TPSA) is 92.4 Å². The third-order valence-electron chi connectivity index (χ3n) is 4.69. The summed E-state index contributed by atoms with van der Waals surface area (Å²) in [4.78, 5) is 28.8. The Labute approximate surface area is 168 Å². The van der Waals surface area contributed by atoms with E-state index in [9.17, 15) is 9.59 Å². The summed E-state index contributed by atoms with van der Waals surface area (Å²) in [6.45, 7) is 2.71. The van der Waals surface area contributed by atoms with Crippen molar-refractivity contribution < 1.29 is 14.3 Å². The number of rotatable bonds is 6. The zero-order chi connectivity index (χ0) is 19.9. The molecule has 148 valence electrons. The number of nitrogens with one attached hydrogen (secondary N) is 3. The number of aromatic nitrogens is 1. The fraction of sp³-hybridized carbons (Fsp3) is 0.350. The predicted octanol–water partition coefficient (Wildman–Crippen LogP) is 3.19. The van der Waals surface area contributed by atoms with E-state index in [0.717, 1.165) is 32.5 Å². The molecule has 0 radical (unpaired) electrons. The molecule has 2 heterocycles. The van der Waals surface area contributed by atoms with Gasteiger partial charge < -0.3 is 20.7 Å². The monoisotopic (exact) mass is 402 g/mol. The van der Waals surface area contributed by atoms with Crippen molar-refractivity contribution in [1.82, 2.24) is 10.3 Å². The second kappa shape index (κ2) is 9.52. The molecule has 1 aliphatic heterocycles. The fourth-order valence-electron chi connectivity index (χ4n) is 3.11. The number of piperidine rings is 1. The molecule has 2 aromatic rings. The largest absolute Gasteiger partial charge is 0.465 e. The van der Waals surface area contributed by atoms with Crippen molar-refractivity contribution in [1.29, 1.82) is 0 Å². The van der Waals surface area contributed by atoms with Gasteiger partial charge in [-0.15, -0.1) is 0 Å². The molecular formula is C20H23ClN4O3. The third kappa shape index (κ3) is 5.21. The predicted molar refractivity (Wildman–Crippen MR) is 109 cm³/mol. The average Bonchev–Trinajstić information content (AvgIpc) is 2.73. The number of benzene rings is 1. The summed E-state index contributed by atoms with van der Waals surface area (Å²) >= 11 is 5.83. The minimum absolute atomic E-state index is 0.320. The Kier molecular flexibility index (Phi) is 6.84. The molecule has 1 fully saturated rings. The van der Waals surface area contributed by atoms with Crippen LogP contribution in [0.1, 0.15) is 33.6 Å². The van der Waals surface area contributed by atoms with Gasteiger partial charge in [-0.25, -0.2) is 9.78 Å². The highest BCUT2D eigenvalue weighted by atomic mass is 35.5. The highest BCUT2D eigenvalue weighted by Gasteiger charge is 2.18. The number of methoxy groups -OCH3 is 1. The molecule has 1 aromatic heterocycles. The van der Waals surface area contributed by atoms with Gasteiger partial charge in [0.05, 0.1) is 23.3 Å². The number of hydrogen-bond acceptors (Lipinski definition) is 6. The van der Waals surface area contributed by atoms with Gasteiger partial charge >= 0.3 is 5.97 Å². The van der Waals surface area contributed by atoms with Gasteiger partial charge in [-0.05, 0) is 62.2 Å². The lowest BCUT2D eigenvalue weighted by atomic mass is 9.98. The van der Waals surface area contributed by atoms with E-state index in [1.54, 1.807) is 30.3 Å². The summed E-state index contributed by atoms with van der Waals surface area (Å²) < 4.78 is 4.79. The quantitative estimate of drug-likeness (QED) is 0.643. The van der Waals surface area contributed by atoms with E-state index in [-0.39, 0.29) is 5.91 Å². The second-order valence-corrected chi connectivity index (χ2v) is 7.08. The summed E-state index contributed by atoms with van der Waals surface area (Å²) in [6, 6.07) is 8.12. The van der Waals surface area contributed by atoms with Crippen molar-refractivity contribution >= 4 is 35.0 Å². The Morgan fingerprint density at radius 3 is 2.71 bits per heavy atom. The van der Waals surface area contributed by atoms with Crippen LogP contribution in [0.15, 0.2) is 36.5 Å². The number of ether oxygens (including phenoxy) is 1. The minimum Gasteiger partial charge on any atom is -0.465 e. The van der Waals surface area contributed by atoms with Crippen LogP contribution in [0.5, 0.6) is 0 Å². The first-order valence-corrected chi connectivity index (χ1v) is 9.54. The zero-order valence-electron chi connectivity index (χ0n) is 15.6. The van der Waals surface area contributed by atoms with E-state index in [1.165, 1.54) is 13.3 Å². The van der Waals surface area contributed by atoms with E-state index >= 15 is 0 Å². The number of anilines is 2. The minimum atomic E-state index is -0.448. The van der Waals surface area contributed by atoms with Crippen LogP contribution in [-0.2, 0) is 4.74 Å². The standard InChI is InChI=1S/C20H23ClN4O3/c1-28-20(27)14-2-4-16(19(26)25-18-5-3-15(21)12-24-18)17(10-14)23-11-13-6-8-22-9-7-13/h2-5,10,12-13,22-23H,6-9,11H2,1H3,(H,24,25,26). The number of nitrogens with zero attached hydrogens (tertiary/aromatic N) is 1. The summed E-state index contributed by atoms with van der Waals surface area (Å²) in [7, 11) is 1.33. The molecule has 8 heteroatoms. The number of carbonyl (C=O) groups is 2. The van der Waals surface area contributed by atoms with Crippen LogP contribution >= 0.6 is 11.6 Å². The van der Waals surface area contributed by atoms with Crippen molar-refractivity contribution in [2.45, 2.75) is 12.8 Å². The highest BCUT2D eigenvalue weighted by molar-refractivity contribution is 6.30. The number of halogens is 1. The lowest BCUT2D eigenvalue weighted by molar-refractivity contribution is 0.0600. The van der Waals surface area contributed by atoms with E-state index in [0.29, 0.717) is 33.6 Å². The zero-order valence-corrected chi connectivity index (χ0v) is 16.4. The Bertz CT molecular complexity index is 836. The summed E-state index contributed by atoms with van der Waals surface area (Å²) in [5, 5.41) is 9.92. The molecule has 28 heavy (non-hydrogen) atoms. The second-order valence-electron chi connectivity index (χ2n) is 6.64. The molecule has 7 nitrogen and oxygen atoms in total. The van der Waals surface area contributed by atoms with E-state index in [1.807, 2.05) is 0 Å². The molecule has 3 rings (SSSR count). The third-order valence-corrected chi connectivity index (χ3v) is 4.92. The van der Waals surface area contributed by atoms with Crippen LogP contribution in [0.2, 0.25) is 5.02 Å². The van der Waals surface area contributed by atoms with E-state index in [4.69, 9.17) is 16.3 Å². The van der Waals surface area contributed by atoms with Crippen LogP contribution in [-0.4, -0.2) is 43.6 Å². The van der Waals surface area contributed by atoms with Gasteiger partial charge in [-0.2, -0.15) is 0 Å². The van der Waals surface area contributed by atoms with Gasteiger partial charge in [0.15, 0.2) is 0 Å². The van der Waals surface area contributed by atoms with Crippen molar-refractivity contribution in [3.8, 4) is 0 Å². The maximum absolute atomic E-state index is 12.8. The van der Waals surface area contributed by atoms with Gasteiger partial charge in [0.2, 0.25) is 0 Å². The highest BCUT2D eigenvalue weighted by Crippen LogP contribution is 2.22. The lowest BCUT2D eigenvalue weighted by Crippen LogP contribution is -2.31. The molecular weight excluding hydrogens is 380 g/mol. The number of pyridine rings is 1. The number of carbonyl (C=O) groups excluding carboxylic acids is 2. The Hall–Kier alpha value is -2.64. The van der Waals surface area contributed by atoms with Crippen molar-refractivity contribution in [2.75, 3.05) is 37.4 Å². The molecule has 0 atom stereocenters. The van der Waals surface area contributed by atoms with Crippen LogP contribution in [0.3, 0.4) is 0 Å². The van der Waals surface area contributed by atoms with Gasteiger partial charge in [0, 0.05) is 18.4 Å². The maximum Gasteiger partial charge on any atom is 0.337 e. The number of amides is 1. The van der Waals surface area contributed by atoms with Gasteiger partial charge in [0.25, 0.3) is 5.91 Å². The summed E-state index contributed by atoms with van der Waals surface area (Å²) in [5.41, 5.74) is 1.41. The SMILES string of the molecule is COC(=O)c1ccc(C(=O)Nc2ccc(Cl)cn2)c(NCC2CCNCC2)c1. The van der Waals surface area contributed by atoms with Crippen LogP contribution in [0.4, 0.5) is 11.5 Å². The molecule has 3 N–H and O–H groups in total. The Morgan fingerprint density at radius 1 is 1.25 bits per heavy atom. The molecule has 0 saturated carbocycles. The van der Waals surface area contributed by atoms with Crippen molar-refractivity contribution in [3.05, 3.63) is 52.7 Å². The molecule has 0 unspecified atom stereocenters. The molecule has 1 amide bonds. The summed E-state index contributed by atoms with van der Waals surface area (Å²) in [5.74, 6) is 0.142. The lowest BCUT2D eigenvalue weighted by Gasteiger charge is -2.24. The first-order valence-electron chi connectivity index (χ1n) is 9.16. The average molecular weight is 403 g/mol. The maximum atomic E-state index is 12.8. The first kappa shape index (κ1) is 20.1. The van der Waals surface area contributed by atoms with Crippen LogP contribution in [0.25, 0.3) is 0 Å². The molecule has 0 bridgehead atoms. The van der Waals surface area contributed by atoms with Crippen molar-refractivity contribution in [2.24, 2.45) is 5.92 Å². The summed E-state index contributed by atoms with van der Waals surface area (Å²) in [6.07, 6.45) is 3.60. The van der Waals surface area contributed by atoms with Gasteiger partial charge in [-0.1, -0.05) is 11.6 Å². The number of hydrogen-bond donors (Lipinski definition) is 3.